The van der Waals surface area contributed by atoms with Crippen molar-refractivity contribution < 1.29 is 14.4 Å². The van der Waals surface area contributed by atoms with Crippen molar-refractivity contribution in [3.63, 3.8) is 0 Å². The quantitative estimate of drug-likeness (QED) is 0.372. The van der Waals surface area contributed by atoms with E-state index in [1.165, 1.54) is 17.0 Å². The molecule has 0 aromatic heterocycles. The summed E-state index contributed by atoms with van der Waals surface area (Å²) in [5, 5.41) is 11.5. The normalized spacial score (nSPS) is 13.1. The van der Waals surface area contributed by atoms with Gasteiger partial charge in [-0.05, 0) is 35.0 Å². The van der Waals surface area contributed by atoms with Crippen LogP contribution in [0.15, 0.2) is 27.8 Å². The number of rotatable bonds is 5. The van der Waals surface area contributed by atoms with Crippen molar-refractivity contribution in [2.45, 2.75) is 13.8 Å². The van der Waals surface area contributed by atoms with Crippen LogP contribution in [0.3, 0.4) is 0 Å². The van der Waals surface area contributed by atoms with Crippen molar-refractivity contribution in [2.24, 2.45) is 16.8 Å². The smallest absolute Gasteiger partial charge is 0.256 e. The molecule has 1 rings (SSSR count). The molecule has 0 aliphatic heterocycles. The average molecular weight is 346 g/mol. The Labute approximate surface area is 125 Å². The molecule has 0 saturated heterocycles. The van der Waals surface area contributed by atoms with Gasteiger partial charge in [0, 0.05) is 19.0 Å². The summed E-state index contributed by atoms with van der Waals surface area (Å²) in [7, 11) is 0. The summed E-state index contributed by atoms with van der Waals surface area (Å²) in [6.45, 7) is 4.15. The first-order valence-corrected chi connectivity index (χ1v) is 6.92. The number of hydrogen-bond acceptors (Lipinski definition) is 3. The second-order valence-electron chi connectivity index (χ2n) is 4.37. The van der Waals surface area contributed by atoms with Crippen molar-refractivity contribution >= 4 is 27.7 Å². The number of amidine groups is 1. The van der Waals surface area contributed by atoms with Gasteiger partial charge < -0.3 is 15.8 Å². The number of halogens is 2. The van der Waals surface area contributed by atoms with Gasteiger partial charge in [-0.25, -0.2) is 4.39 Å². The second-order valence-corrected chi connectivity index (χ2v) is 5.23. The molecule has 1 unspecified atom stereocenters. The number of benzene rings is 1. The molecular weight excluding hydrogens is 329 g/mol. The van der Waals surface area contributed by atoms with Gasteiger partial charge in [0.05, 0.1) is 10.0 Å². The standard InChI is InChI=1S/C13H17BrFN3O2/c1-3-18(7-8(2)12(16)17-20)13(19)9-5-4-6-10(14)11(9)15/h4-6,8,20H,3,7H2,1-2H3,(H2,16,17). The zero-order valence-corrected chi connectivity index (χ0v) is 12.9. The van der Waals surface area contributed by atoms with Gasteiger partial charge in [-0.3, -0.25) is 4.79 Å². The van der Waals surface area contributed by atoms with E-state index in [1.54, 1.807) is 19.9 Å². The van der Waals surface area contributed by atoms with Gasteiger partial charge >= 0.3 is 0 Å². The SMILES string of the molecule is CCN(CC(C)/C(N)=N/O)C(=O)c1cccc(Br)c1F. The van der Waals surface area contributed by atoms with E-state index in [0.29, 0.717) is 6.54 Å². The molecule has 0 saturated carbocycles. The first kappa shape index (κ1) is 16.4. The van der Waals surface area contributed by atoms with Crippen molar-refractivity contribution in [1.82, 2.24) is 4.90 Å². The molecular formula is C13H17BrFN3O2. The minimum absolute atomic E-state index is 0.00654. The highest BCUT2D eigenvalue weighted by molar-refractivity contribution is 9.10. The zero-order chi connectivity index (χ0) is 15.3. The monoisotopic (exact) mass is 345 g/mol. The number of amides is 1. The van der Waals surface area contributed by atoms with Gasteiger partial charge in [0.25, 0.3) is 5.91 Å². The Hall–Kier alpha value is -1.63. The minimum Gasteiger partial charge on any atom is -0.409 e. The molecule has 110 valence electrons. The van der Waals surface area contributed by atoms with E-state index in [-0.39, 0.29) is 28.3 Å². The largest absolute Gasteiger partial charge is 0.409 e. The van der Waals surface area contributed by atoms with E-state index in [1.807, 2.05) is 0 Å². The number of hydrogen-bond donors (Lipinski definition) is 2. The fourth-order valence-electron chi connectivity index (χ4n) is 1.72. The molecule has 0 radical (unpaired) electrons. The van der Waals surface area contributed by atoms with Crippen LogP contribution < -0.4 is 5.73 Å². The van der Waals surface area contributed by atoms with Crippen LogP contribution >= 0.6 is 15.9 Å². The molecule has 1 amide bonds. The van der Waals surface area contributed by atoms with Gasteiger partial charge in [-0.1, -0.05) is 18.1 Å². The van der Waals surface area contributed by atoms with Crippen LogP contribution in [0.4, 0.5) is 4.39 Å². The molecule has 5 nitrogen and oxygen atoms in total. The number of nitrogens with two attached hydrogens (primary N) is 1. The summed E-state index contributed by atoms with van der Waals surface area (Å²) in [5.74, 6) is -1.30. The second kappa shape index (κ2) is 7.23. The Bertz CT molecular complexity index is 522. The third-order valence-electron chi connectivity index (χ3n) is 2.97. The maximum absolute atomic E-state index is 13.9. The maximum Gasteiger partial charge on any atom is 0.256 e. The first-order chi connectivity index (χ1) is 9.42. The van der Waals surface area contributed by atoms with Crippen LogP contribution in [0.5, 0.6) is 0 Å². The van der Waals surface area contributed by atoms with Crippen molar-refractivity contribution in [3.8, 4) is 0 Å². The minimum atomic E-state index is -0.590. The molecule has 7 heteroatoms. The van der Waals surface area contributed by atoms with Gasteiger partial charge in [-0.2, -0.15) is 0 Å². The van der Waals surface area contributed by atoms with Crippen LogP contribution in [0, 0.1) is 11.7 Å². The van der Waals surface area contributed by atoms with E-state index in [9.17, 15) is 9.18 Å². The molecule has 0 spiro atoms. The number of carbonyl (C=O) groups excluding carboxylic acids is 1. The fourth-order valence-corrected chi connectivity index (χ4v) is 2.08. The van der Waals surface area contributed by atoms with Gasteiger partial charge in [0.2, 0.25) is 0 Å². The highest BCUT2D eigenvalue weighted by atomic mass is 79.9. The summed E-state index contributed by atoms with van der Waals surface area (Å²) in [4.78, 5) is 13.8. The number of oxime groups is 1. The molecule has 0 bridgehead atoms. The van der Waals surface area contributed by atoms with Crippen molar-refractivity contribution in [1.29, 1.82) is 0 Å². The highest BCUT2D eigenvalue weighted by Crippen LogP contribution is 2.20. The average Bonchev–Trinajstić information content (AvgIpc) is 2.45. The predicted molar refractivity (Wildman–Crippen MR) is 78.3 cm³/mol. The van der Waals surface area contributed by atoms with Crippen LogP contribution in [0.1, 0.15) is 24.2 Å². The Balaban J connectivity index is 2.95. The highest BCUT2D eigenvalue weighted by Gasteiger charge is 2.22. The van der Waals surface area contributed by atoms with Crippen LogP contribution in [0.25, 0.3) is 0 Å². The lowest BCUT2D eigenvalue weighted by molar-refractivity contribution is 0.0749. The Morgan fingerprint density at radius 3 is 2.80 bits per heavy atom. The van der Waals surface area contributed by atoms with E-state index in [4.69, 9.17) is 10.9 Å². The summed E-state index contributed by atoms with van der Waals surface area (Å²) < 4.78 is 14.2. The topological polar surface area (TPSA) is 78.9 Å². The third-order valence-corrected chi connectivity index (χ3v) is 3.58. The van der Waals surface area contributed by atoms with E-state index >= 15 is 0 Å². The van der Waals surface area contributed by atoms with Crippen LogP contribution in [0.2, 0.25) is 0 Å². The van der Waals surface area contributed by atoms with E-state index in [0.717, 1.165) is 0 Å². The Morgan fingerprint density at radius 2 is 2.25 bits per heavy atom. The first-order valence-electron chi connectivity index (χ1n) is 6.13. The number of carbonyl (C=O) groups is 1. The summed E-state index contributed by atoms with van der Waals surface area (Å²) >= 11 is 3.05. The lowest BCUT2D eigenvalue weighted by Gasteiger charge is -2.24. The molecule has 20 heavy (non-hydrogen) atoms. The van der Waals surface area contributed by atoms with Gasteiger partial charge in [0.1, 0.15) is 11.7 Å². The molecule has 1 aromatic carbocycles. The summed E-state index contributed by atoms with van der Waals surface area (Å²) in [6.07, 6.45) is 0. The maximum atomic E-state index is 13.9. The molecule has 0 heterocycles. The molecule has 0 fully saturated rings. The van der Waals surface area contributed by atoms with Crippen molar-refractivity contribution in [2.75, 3.05) is 13.1 Å². The molecule has 1 aromatic rings. The molecule has 1 atom stereocenters. The predicted octanol–water partition coefficient (Wildman–Crippen LogP) is 2.43. The fraction of sp³-hybridized carbons (Fsp3) is 0.385. The molecule has 3 N–H and O–H groups in total. The van der Waals surface area contributed by atoms with Crippen molar-refractivity contribution in [3.05, 3.63) is 34.1 Å². The Morgan fingerprint density at radius 1 is 1.60 bits per heavy atom. The van der Waals surface area contributed by atoms with Gasteiger partial charge in [-0.15, -0.1) is 0 Å². The summed E-state index contributed by atoms with van der Waals surface area (Å²) in [6, 6.07) is 4.56. The lowest BCUT2D eigenvalue weighted by atomic mass is 10.1. The molecule has 0 aliphatic rings. The zero-order valence-electron chi connectivity index (χ0n) is 11.3. The van der Waals surface area contributed by atoms with Crippen LogP contribution in [-0.2, 0) is 0 Å². The van der Waals surface area contributed by atoms with E-state index < -0.39 is 11.7 Å². The molecule has 0 aliphatic carbocycles. The third kappa shape index (κ3) is 3.69. The lowest BCUT2D eigenvalue weighted by Crippen LogP contribution is -2.39. The number of nitrogens with zero attached hydrogens (tertiary/aromatic N) is 2. The Kier molecular flexibility index (Phi) is 5.94. The van der Waals surface area contributed by atoms with E-state index in [2.05, 4.69) is 21.1 Å². The van der Waals surface area contributed by atoms with Gasteiger partial charge in [0.15, 0.2) is 0 Å². The van der Waals surface area contributed by atoms with Crippen LogP contribution in [-0.4, -0.2) is 34.9 Å². The summed E-state index contributed by atoms with van der Waals surface area (Å²) in [5.41, 5.74) is 5.49.